The molecule has 7 nitrogen and oxygen atoms in total. The average Bonchev–Trinajstić information content (AvgIpc) is 2.69. The van der Waals surface area contributed by atoms with Crippen LogP contribution in [0.25, 0.3) is 11.3 Å². The second kappa shape index (κ2) is 8.15. The van der Waals surface area contributed by atoms with Crippen LogP contribution in [0.5, 0.6) is 5.75 Å². The lowest BCUT2D eigenvalue weighted by atomic mass is 10.1. The number of sulfonamides is 1. The Morgan fingerprint density at radius 1 is 1.04 bits per heavy atom. The third-order valence-corrected chi connectivity index (χ3v) is 5.25. The lowest BCUT2D eigenvalue weighted by molar-refractivity contribution is 0.416. The van der Waals surface area contributed by atoms with Gasteiger partial charge in [-0.2, -0.15) is 0 Å². The molecule has 0 aliphatic rings. The largest absolute Gasteiger partial charge is 0.496 e. The fraction of sp³-hybridized carbons (Fsp3) is 0.158. The van der Waals surface area contributed by atoms with E-state index in [-0.39, 0.29) is 5.75 Å². The number of nitrogens with one attached hydrogen (secondary N) is 2. The summed E-state index contributed by atoms with van der Waals surface area (Å²) in [5, 5.41) is 3.13. The van der Waals surface area contributed by atoms with E-state index in [0.29, 0.717) is 11.5 Å². The molecule has 27 heavy (non-hydrogen) atoms. The molecule has 0 radical (unpaired) electrons. The highest BCUT2D eigenvalue weighted by Gasteiger charge is 2.10. The molecule has 3 rings (SSSR count). The highest BCUT2D eigenvalue weighted by molar-refractivity contribution is 7.88. The number of anilines is 2. The van der Waals surface area contributed by atoms with Gasteiger partial charge in [-0.05, 0) is 42.9 Å². The zero-order chi connectivity index (χ0) is 19.3. The zero-order valence-corrected chi connectivity index (χ0v) is 15.8. The summed E-state index contributed by atoms with van der Waals surface area (Å²) < 4.78 is 30.9. The SMILES string of the molecule is CNS(=O)(=O)Cc1ccc(Nc2nccc(-c3ccccc3OC)n2)cc1. The summed E-state index contributed by atoms with van der Waals surface area (Å²) in [6.45, 7) is 0. The second-order valence-corrected chi connectivity index (χ2v) is 7.68. The van der Waals surface area contributed by atoms with Crippen LogP contribution in [0, 0.1) is 0 Å². The highest BCUT2D eigenvalue weighted by Crippen LogP contribution is 2.28. The number of ether oxygens (including phenoxy) is 1. The molecule has 0 fully saturated rings. The molecule has 1 aromatic heterocycles. The zero-order valence-electron chi connectivity index (χ0n) is 15.0. The normalized spacial score (nSPS) is 11.2. The van der Waals surface area contributed by atoms with E-state index in [1.54, 1.807) is 37.6 Å². The van der Waals surface area contributed by atoms with E-state index in [0.717, 1.165) is 22.7 Å². The number of nitrogens with zero attached hydrogens (tertiary/aromatic N) is 2. The molecule has 2 N–H and O–H groups in total. The van der Waals surface area contributed by atoms with Crippen molar-refractivity contribution in [3.8, 4) is 17.0 Å². The van der Waals surface area contributed by atoms with Crippen molar-refractivity contribution in [2.75, 3.05) is 19.5 Å². The second-order valence-electron chi connectivity index (χ2n) is 5.75. The van der Waals surface area contributed by atoms with E-state index in [2.05, 4.69) is 20.0 Å². The molecule has 0 saturated heterocycles. The summed E-state index contributed by atoms with van der Waals surface area (Å²) in [6, 6.07) is 16.5. The molecule has 2 aromatic carbocycles. The van der Waals surface area contributed by atoms with Gasteiger partial charge in [-0.1, -0.05) is 24.3 Å². The first kappa shape index (κ1) is 18.8. The van der Waals surface area contributed by atoms with Crippen molar-refractivity contribution in [1.29, 1.82) is 0 Å². The van der Waals surface area contributed by atoms with Crippen LogP contribution in [-0.2, 0) is 15.8 Å². The van der Waals surface area contributed by atoms with Gasteiger partial charge in [0.1, 0.15) is 5.75 Å². The summed E-state index contributed by atoms with van der Waals surface area (Å²) in [6.07, 6.45) is 1.67. The Labute approximate surface area is 158 Å². The molecule has 0 bridgehead atoms. The van der Waals surface area contributed by atoms with Crippen LogP contribution in [0.4, 0.5) is 11.6 Å². The van der Waals surface area contributed by atoms with E-state index < -0.39 is 10.0 Å². The van der Waals surface area contributed by atoms with Crippen LogP contribution >= 0.6 is 0 Å². The number of benzene rings is 2. The maximum Gasteiger partial charge on any atom is 0.227 e. The van der Waals surface area contributed by atoms with Gasteiger partial charge >= 0.3 is 0 Å². The van der Waals surface area contributed by atoms with Crippen molar-refractivity contribution < 1.29 is 13.2 Å². The molecular formula is C19H20N4O3S. The maximum atomic E-state index is 11.6. The van der Waals surface area contributed by atoms with Crippen LogP contribution in [0.3, 0.4) is 0 Å². The number of para-hydroxylation sites is 1. The fourth-order valence-corrected chi connectivity index (χ4v) is 3.31. The van der Waals surface area contributed by atoms with Crippen LogP contribution in [-0.4, -0.2) is 32.5 Å². The molecule has 0 atom stereocenters. The van der Waals surface area contributed by atoms with Gasteiger partial charge in [0, 0.05) is 17.4 Å². The summed E-state index contributed by atoms with van der Waals surface area (Å²) in [7, 11) is -0.274. The quantitative estimate of drug-likeness (QED) is 0.651. The predicted molar refractivity (Wildman–Crippen MR) is 105 cm³/mol. The standard InChI is InChI=1S/C19H20N4O3S/c1-20-27(24,25)13-14-7-9-15(10-8-14)22-19-21-12-11-17(23-19)16-5-3-4-6-18(16)26-2/h3-12,20H,13H2,1-2H3,(H,21,22,23). The van der Waals surface area contributed by atoms with Crippen LogP contribution in [0.1, 0.15) is 5.56 Å². The summed E-state index contributed by atoms with van der Waals surface area (Å²) in [5.74, 6) is 1.11. The number of hydrogen-bond donors (Lipinski definition) is 2. The number of rotatable bonds is 7. The van der Waals surface area contributed by atoms with E-state index >= 15 is 0 Å². The molecule has 0 unspecified atom stereocenters. The molecule has 0 spiro atoms. The first-order valence-electron chi connectivity index (χ1n) is 8.24. The molecule has 8 heteroatoms. The molecule has 0 aliphatic carbocycles. The summed E-state index contributed by atoms with van der Waals surface area (Å²) >= 11 is 0. The van der Waals surface area contributed by atoms with Gasteiger partial charge in [-0.25, -0.2) is 23.1 Å². The molecule has 1 heterocycles. The van der Waals surface area contributed by atoms with Gasteiger partial charge in [0.15, 0.2) is 0 Å². The van der Waals surface area contributed by atoms with Gasteiger partial charge in [0.05, 0.1) is 18.6 Å². The van der Waals surface area contributed by atoms with Gasteiger partial charge in [-0.15, -0.1) is 0 Å². The van der Waals surface area contributed by atoms with Crippen molar-refractivity contribution in [3.05, 3.63) is 66.4 Å². The number of methoxy groups -OCH3 is 1. The van der Waals surface area contributed by atoms with Crippen molar-refractivity contribution in [2.24, 2.45) is 0 Å². The number of aromatic nitrogens is 2. The third kappa shape index (κ3) is 4.81. The van der Waals surface area contributed by atoms with E-state index in [9.17, 15) is 8.42 Å². The van der Waals surface area contributed by atoms with Crippen LogP contribution in [0.2, 0.25) is 0 Å². The minimum atomic E-state index is -3.29. The van der Waals surface area contributed by atoms with Crippen LogP contribution in [0.15, 0.2) is 60.8 Å². The molecule has 0 amide bonds. The first-order chi connectivity index (χ1) is 13.0. The van der Waals surface area contributed by atoms with E-state index in [4.69, 9.17) is 4.74 Å². The first-order valence-corrected chi connectivity index (χ1v) is 9.89. The number of hydrogen-bond acceptors (Lipinski definition) is 6. The minimum absolute atomic E-state index is 0.0659. The van der Waals surface area contributed by atoms with Crippen molar-refractivity contribution in [2.45, 2.75) is 5.75 Å². The highest BCUT2D eigenvalue weighted by atomic mass is 32.2. The van der Waals surface area contributed by atoms with E-state index in [1.807, 2.05) is 30.3 Å². The Bertz CT molecular complexity index is 1020. The van der Waals surface area contributed by atoms with Gasteiger partial charge in [-0.3, -0.25) is 0 Å². The topological polar surface area (TPSA) is 93.2 Å². The van der Waals surface area contributed by atoms with Gasteiger partial charge < -0.3 is 10.1 Å². The van der Waals surface area contributed by atoms with E-state index in [1.165, 1.54) is 7.05 Å². The lowest BCUT2D eigenvalue weighted by Gasteiger charge is -2.10. The Morgan fingerprint density at radius 3 is 2.48 bits per heavy atom. The lowest BCUT2D eigenvalue weighted by Crippen LogP contribution is -2.20. The Morgan fingerprint density at radius 2 is 1.78 bits per heavy atom. The molecule has 0 saturated carbocycles. The monoisotopic (exact) mass is 384 g/mol. The Balaban J connectivity index is 1.79. The van der Waals surface area contributed by atoms with Crippen molar-refractivity contribution in [1.82, 2.24) is 14.7 Å². The molecule has 0 aliphatic heterocycles. The minimum Gasteiger partial charge on any atom is -0.496 e. The maximum absolute atomic E-state index is 11.6. The van der Waals surface area contributed by atoms with Gasteiger partial charge in [0.2, 0.25) is 16.0 Å². The van der Waals surface area contributed by atoms with Crippen molar-refractivity contribution in [3.63, 3.8) is 0 Å². The smallest absolute Gasteiger partial charge is 0.227 e. The van der Waals surface area contributed by atoms with Crippen LogP contribution < -0.4 is 14.8 Å². The average molecular weight is 384 g/mol. The summed E-state index contributed by atoms with van der Waals surface area (Å²) in [4.78, 5) is 8.78. The fourth-order valence-electron chi connectivity index (χ4n) is 2.53. The summed E-state index contributed by atoms with van der Waals surface area (Å²) in [5.41, 5.74) is 3.07. The Hall–Kier alpha value is -2.97. The Kier molecular flexibility index (Phi) is 5.68. The van der Waals surface area contributed by atoms with Crippen molar-refractivity contribution >= 4 is 21.7 Å². The molecule has 3 aromatic rings. The third-order valence-electron chi connectivity index (χ3n) is 3.92. The van der Waals surface area contributed by atoms with Gasteiger partial charge in [0.25, 0.3) is 0 Å². The molecular weight excluding hydrogens is 364 g/mol. The predicted octanol–water partition coefficient (Wildman–Crippen LogP) is 2.95. The molecule has 140 valence electrons.